The van der Waals surface area contributed by atoms with Crippen molar-refractivity contribution in [3.63, 3.8) is 0 Å². The second kappa shape index (κ2) is 5.43. The van der Waals surface area contributed by atoms with Crippen molar-refractivity contribution >= 4 is 15.7 Å². The van der Waals surface area contributed by atoms with Gasteiger partial charge in [0.05, 0.1) is 0 Å². The first-order valence-corrected chi connectivity index (χ1v) is 8.43. The molecule has 9 heteroatoms. The summed E-state index contributed by atoms with van der Waals surface area (Å²) in [5.74, 6) is 0.721. The zero-order chi connectivity index (χ0) is 13.3. The summed E-state index contributed by atoms with van der Waals surface area (Å²) < 4.78 is 11.8. The van der Waals surface area contributed by atoms with E-state index in [0.29, 0.717) is 13.0 Å². The van der Waals surface area contributed by atoms with E-state index >= 15 is 0 Å². The molecule has 1 unspecified atom stereocenters. The lowest BCUT2D eigenvalue weighted by Gasteiger charge is -2.32. The van der Waals surface area contributed by atoms with Gasteiger partial charge in [0.15, 0.2) is 0 Å². The molecule has 0 aromatic rings. The van der Waals surface area contributed by atoms with E-state index in [1.807, 2.05) is 6.92 Å². The Bertz CT molecular complexity index is 335. The molecule has 1 rings (SSSR count). The van der Waals surface area contributed by atoms with E-state index in [0.717, 1.165) is 10.5 Å². The summed E-state index contributed by atoms with van der Waals surface area (Å²) >= 11 is 0. The van der Waals surface area contributed by atoms with Crippen LogP contribution in [0.5, 0.6) is 0 Å². The number of piperidine rings is 1. The highest BCUT2D eigenvalue weighted by Crippen LogP contribution is 2.51. The summed E-state index contributed by atoms with van der Waals surface area (Å²) in [5, 5.41) is 0. The Kier molecular flexibility index (Phi) is 4.86. The van der Waals surface area contributed by atoms with Crippen molar-refractivity contribution in [2.45, 2.75) is 13.3 Å². The fourth-order valence-electron chi connectivity index (χ4n) is 1.96. The molecule has 0 radical (unpaired) electrons. The van der Waals surface area contributed by atoms with E-state index in [1.54, 1.807) is 0 Å². The van der Waals surface area contributed by atoms with Crippen LogP contribution in [0, 0.1) is 11.8 Å². The fraction of sp³-hybridized carbons (Fsp3) is 0.750. The summed E-state index contributed by atoms with van der Waals surface area (Å²) in [4.78, 5) is 44.9. The highest BCUT2D eigenvalue weighted by Gasteiger charge is 2.44. The van der Waals surface area contributed by atoms with Crippen LogP contribution in [0.4, 0.5) is 0 Å². The summed E-state index contributed by atoms with van der Waals surface area (Å²) in [6.07, 6.45) is 2.06. The van der Waals surface area contributed by atoms with Crippen molar-refractivity contribution in [3.8, 4) is 0 Å². The predicted octanol–water partition coefficient (Wildman–Crippen LogP) is 0.290. The van der Waals surface area contributed by atoms with Gasteiger partial charge in [-0.3, -0.25) is 4.57 Å². The minimum absolute atomic E-state index is 0.112. The normalized spacial score (nSPS) is 28.8. The van der Waals surface area contributed by atoms with Crippen LogP contribution in [0.1, 0.15) is 13.3 Å². The summed E-state index contributed by atoms with van der Waals surface area (Å²) in [5.41, 5.74) is 0. The second-order valence-corrected chi connectivity index (χ2v) is 7.56. The molecule has 1 fully saturated rings. The van der Waals surface area contributed by atoms with E-state index in [1.165, 1.54) is 6.08 Å². The van der Waals surface area contributed by atoms with Crippen LogP contribution < -0.4 is 0 Å². The third kappa shape index (κ3) is 5.55. The molecule has 0 spiro atoms. The van der Waals surface area contributed by atoms with Crippen molar-refractivity contribution < 1.29 is 29.0 Å². The van der Waals surface area contributed by atoms with Gasteiger partial charge in [0, 0.05) is 18.9 Å². The Morgan fingerprint density at radius 1 is 1.29 bits per heavy atom. The maximum Gasteiger partial charge on any atom is 0.496 e. The summed E-state index contributed by atoms with van der Waals surface area (Å²) in [6.45, 7) is 2.41. The van der Waals surface area contributed by atoms with Crippen molar-refractivity contribution in [2.24, 2.45) is 11.8 Å². The topological polar surface area (TPSA) is 121 Å². The summed E-state index contributed by atoms with van der Waals surface area (Å²) in [6, 6.07) is 0. The molecular weight excluding hydrogens is 268 g/mol. The van der Waals surface area contributed by atoms with E-state index < -0.39 is 15.7 Å². The summed E-state index contributed by atoms with van der Waals surface area (Å²) in [7, 11) is -8.21. The Labute approximate surface area is 100 Å². The highest BCUT2D eigenvalue weighted by molar-refractivity contribution is 7.56. The Balaban J connectivity index is 2.69. The number of rotatable bonds is 3. The molecule has 100 valence electrons. The molecule has 0 aliphatic carbocycles. The van der Waals surface area contributed by atoms with Gasteiger partial charge in [0.25, 0.3) is 0 Å². The van der Waals surface area contributed by atoms with Gasteiger partial charge in [-0.1, -0.05) is 13.0 Å². The molecule has 1 aliphatic rings. The van der Waals surface area contributed by atoms with Crippen molar-refractivity contribution in [3.05, 3.63) is 11.9 Å². The zero-order valence-corrected chi connectivity index (χ0v) is 11.2. The maximum atomic E-state index is 10.7. The minimum atomic E-state index is -4.19. The second-order valence-electron chi connectivity index (χ2n) is 4.44. The molecule has 1 saturated heterocycles. The van der Waals surface area contributed by atoms with Crippen molar-refractivity contribution in [1.29, 1.82) is 0 Å². The molecule has 0 aromatic heterocycles. The molecule has 1 heterocycles. The van der Waals surface area contributed by atoms with Gasteiger partial charge >= 0.3 is 15.7 Å². The van der Waals surface area contributed by atoms with Crippen molar-refractivity contribution in [2.75, 3.05) is 13.1 Å². The molecule has 0 aromatic carbocycles. The van der Waals surface area contributed by atoms with Gasteiger partial charge in [-0.05, 0) is 18.3 Å². The zero-order valence-electron chi connectivity index (χ0n) is 9.42. The van der Waals surface area contributed by atoms with Crippen LogP contribution in [0.25, 0.3) is 0 Å². The lowest BCUT2D eigenvalue weighted by molar-refractivity contribution is 0.164. The van der Waals surface area contributed by atoms with Gasteiger partial charge in [-0.25, -0.2) is 0 Å². The lowest BCUT2D eigenvalue weighted by Crippen LogP contribution is -2.38. The van der Waals surface area contributed by atoms with Gasteiger partial charge < -0.3 is 9.79 Å². The van der Waals surface area contributed by atoms with E-state index in [9.17, 15) is 19.2 Å². The SMILES string of the molecule is CC1C[C@H](/C=C\P(=O)(O)O)CN([P+](O)(O)O)C1. The Hall–Kier alpha value is 0.160. The van der Waals surface area contributed by atoms with Gasteiger partial charge in [0.1, 0.15) is 0 Å². The molecule has 5 N–H and O–H groups in total. The van der Waals surface area contributed by atoms with Crippen LogP contribution >= 0.6 is 15.7 Å². The molecule has 1 aliphatic heterocycles. The molecular formula is C8H18NO6P2+. The van der Waals surface area contributed by atoms with Crippen molar-refractivity contribution in [1.82, 2.24) is 4.67 Å². The van der Waals surface area contributed by atoms with Gasteiger partial charge in [-0.2, -0.15) is 14.7 Å². The fourth-order valence-corrected chi connectivity index (χ4v) is 3.36. The van der Waals surface area contributed by atoms with E-state index in [4.69, 9.17) is 9.79 Å². The van der Waals surface area contributed by atoms with Crippen LogP contribution in [0.2, 0.25) is 0 Å². The molecule has 0 amide bonds. The first-order valence-electron chi connectivity index (χ1n) is 5.15. The quantitative estimate of drug-likeness (QED) is 0.473. The smallest absolute Gasteiger partial charge is 0.321 e. The van der Waals surface area contributed by atoms with Crippen LogP contribution in [-0.2, 0) is 4.57 Å². The first kappa shape index (κ1) is 15.2. The number of hydrogen-bond acceptors (Lipinski definition) is 5. The first-order chi connectivity index (χ1) is 7.58. The standard InChI is InChI=1S/C8H17NO6P2/c1-7-4-8(2-3-16(10,11)12)6-9(5-7)17(13,14)15/h2-3,7-8,13-15H,4-6H2,1H3,(H-,10,11,12)/p+1/b3-2-/t7?,8-/m0/s1. The monoisotopic (exact) mass is 286 g/mol. The number of hydrogen-bond donors (Lipinski definition) is 5. The largest absolute Gasteiger partial charge is 0.496 e. The Morgan fingerprint density at radius 2 is 1.88 bits per heavy atom. The molecule has 17 heavy (non-hydrogen) atoms. The molecule has 0 bridgehead atoms. The van der Waals surface area contributed by atoms with Gasteiger partial charge in [0.2, 0.25) is 0 Å². The number of nitrogens with zero attached hydrogens (tertiary/aromatic N) is 1. The van der Waals surface area contributed by atoms with E-state index in [2.05, 4.69) is 0 Å². The average Bonchev–Trinajstić information content (AvgIpc) is 2.11. The lowest BCUT2D eigenvalue weighted by atomic mass is 9.92. The average molecular weight is 286 g/mol. The van der Waals surface area contributed by atoms with Crippen LogP contribution in [0.3, 0.4) is 0 Å². The highest BCUT2D eigenvalue weighted by atomic mass is 31.2. The molecule has 0 saturated carbocycles. The van der Waals surface area contributed by atoms with E-state index in [-0.39, 0.29) is 18.4 Å². The predicted molar refractivity (Wildman–Crippen MR) is 63.6 cm³/mol. The minimum Gasteiger partial charge on any atom is -0.321 e. The van der Waals surface area contributed by atoms with Gasteiger partial charge in [-0.15, -0.1) is 4.67 Å². The molecule has 7 nitrogen and oxygen atoms in total. The Morgan fingerprint density at radius 3 is 2.35 bits per heavy atom. The van der Waals surface area contributed by atoms with Crippen LogP contribution in [0.15, 0.2) is 11.9 Å². The third-order valence-corrected chi connectivity index (χ3v) is 4.25. The maximum absolute atomic E-state index is 10.7. The molecule has 2 atom stereocenters. The third-order valence-electron chi connectivity index (χ3n) is 2.60. The van der Waals surface area contributed by atoms with Crippen LogP contribution in [-0.4, -0.2) is 42.2 Å².